The number of halogens is 1. The first-order valence-electron chi connectivity index (χ1n) is 8.52. The van der Waals surface area contributed by atoms with Gasteiger partial charge in [-0.25, -0.2) is 9.37 Å². The van der Waals surface area contributed by atoms with Crippen LogP contribution in [0.4, 0.5) is 4.39 Å². The highest BCUT2D eigenvalue weighted by Gasteiger charge is 2.16. The van der Waals surface area contributed by atoms with Crippen LogP contribution in [0, 0.1) is 17.1 Å². The zero-order valence-electron chi connectivity index (χ0n) is 15.3. The monoisotopic (exact) mass is 365 g/mol. The molecule has 0 fully saturated rings. The van der Waals surface area contributed by atoms with Crippen molar-refractivity contribution < 1.29 is 9.13 Å². The maximum Gasteiger partial charge on any atom is 0.221 e. The molecule has 0 aliphatic rings. The van der Waals surface area contributed by atoms with E-state index in [1.165, 1.54) is 12.1 Å². The highest BCUT2D eigenvalue weighted by molar-refractivity contribution is 5.39. The molecule has 0 atom stereocenters. The van der Waals surface area contributed by atoms with Gasteiger partial charge < -0.3 is 9.64 Å². The predicted octanol–water partition coefficient (Wildman–Crippen LogP) is 2.96. The zero-order chi connectivity index (χ0) is 19.2. The Morgan fingerprint density at radius 3 is 2.70 bits per heavy atom. The van der Waals surface area contributed by atoms with Gasteiger partial charge in [-0.15, -0.1) is 0 Å². The number of ether oxygens (including phenoxy) is 1. The Hall–Kier alpha value is -3.24. The highest BCUT2D eigenvalue weighted by Crippen LogP contribution is 2.24. The van der Waals surface area contributed by atoms with Crippen LogP contribution in [0.25, 0.3) is 5.82 Å². The van der Waals surface area contributed by atoms with Gasteiger partial charge in [0.05, 0.1) is 17.8 Å². The highest BCUT2D eigenvalue weighted by atomic mass is 19.1. The molecular weight excluding hydrogens is 345 g/mol. The van der Waals surface area contributed by atoms with Gasteiger partial charge in [0.1, 0.15) is 12.4 Å². The van der Waals surface area contributed by atoms with Gasteiger partial charge in [0.2, 0.25) is 5.88 Å². The number of rotatable bonds is 7. The quantitative estimate of drug-likeness (QED) is 0.644. The number of benzene rings is 1. The van der Waals surface area contributed by atoms with Crippen molar-refractivity contribution in [2.75, 3.05) is 20.6 Å². The molecule has 3 rings (SSSR count). The van der Waals surface area contributed by atoms with Gasteiger partial charge in [-0.1, -0.05) is 12.1 Å². The molecule has 0 unspecified atom stereocenters. The van der Waals surface area contributed by atoms with E-state index in [1.807, 2.05) is 14.1 Å². The molecule has 0 N–H and O–H groups in total. The Morgan fingerprint density at radius 2 is 2.00 bits per heavy atom. The lowest BCUT2D eigenvalue weighted by Crippen LogP contribution is -2.15. The van der Waals surface area contributed by atoms with Crippen LogP contribution in [0.15, 0.2) is 48.8 Å². The van der Waals surface area contributed by atoms with E-state index in [4.69, 9.17) is 10.00 Å². The van der Waals surface area contributed by atoms with E-state index in [0.29, 0.717) is 17.3 Å². The molecule has 0 saturated carbocycles. The van der Waals surface area contributed by atoms with Crippen LogP contribution in [-0.2, 0) is 13.0 Å². The molecule has 0 amide bonds. The second-order valence-corrected chi connectivity index (χ2v) is 6.37. The molecular formula is C20H20FN5O. The van der Waals surface area contributed by atoms with Crippen molar-refractivity contribution in [2.24, 2.45) is 0 Å². The summed E-state index contributed by atoms with van der Waals surface area (Å²) >= 11 is 0. The summed E-state index contributed by atoms with van der Waals surface area (Å²) in [5.74, 6) is 0.802. The second-order valence-electron chi connectivity index (χ2n) is 6.37. The van der Waals surface area contributed by atoms with E-state index in [9.17, 15) is 4.39 Å². The van der Waals surface area contributed by atoms with Crippen LogP contribution in [0.5, 0.6) is 5.88 Å². The van der Waals surface area contributed by atoms with Gasteiger partial charge in [0, 0.05) is 24.4 Å². The van der Waals surface area contributed by atoms with Crippen molar-refractivity contribution in [3.05, 3.63) is 71.3 Å². The van der Waals surface area contributed by atoms with Crippen molar-refractivity contribution in [2.45, 2.75) is 13.0 Å². The van der Waals surface area contributed by atoms with Crippen LogP contribution in [0.2, 0.25) is 0 Å². The lowest BCUT2D eigenvalue weighted by molar-refractivity contribution is 0.280. The molecule has 0 radical (unpaired) electrons. The second kappa shape index (κ2) is 8.43. The van der Waals surface area contributed by atoms with Crippen LogP contribution in [0.3, 0.4) is 0 Å². The van der Waals surface area contributed by atoms with Crippen LogP contribution in [-0.4, -0.2) is 40.3 Å². The summed E-state index contributed by atoms with van der Waals surface area (Å²) in [5.41, 5.74) is 2.28. The zero-order valence-corrected chi connectivity index (χ0v) is 15.3. The normalized spacial score (nSPS) is 10.8. The summed E-state index contributed by atoms with van der Waals surface area (Å²) < 4.78 is 20.7. The number of pyridine rings is 1. The minimum atomic E-state index is -0.284. The lowest BCUT2D eigenvalue weighted by Gasteiger charge is -2.13. The van der Waals surface area contributed by atoms with Gasteiger partial charge >= 0.3 is 0 Å². The lowest BCUT2D eigenvalue weighted by atomic mass is 10.2. The number of hydrogen-bond acceptors (Lipinski definition) is 5. The van der Waals surface area contributed by atoms with E-state index >= 15 is 0 Å². The molecule has 0 aliphatic carbocycles. The molecule has 6 nitrogen and oxygen atoms in total. The molecule has 0 aliphatic heterocycles. The third-order valence-electron chi connectivity index (χ3n) is 4.00. The third kappa shape index (κ3) is 4.68. The first kappa shape index (κ1) is 18.5. The molecule has 2 heterocycles. The third-order valence-corrected chi connectivity index (χ3v) is 4.00. The maximum absolute atomic E-state index is 13.1. The minimum absolute atomic E-state index is 0.277. The van der Waals surface area contributed by atoms with Crippen molar-refractivity contribution in [3.8, 4) is 17.8 Å². The van der Waals surface area contributed by atoms with E-state index in [2.05, 4.69) is 21.1 Å². The van der Waals surface area contributed by atoms with Crippen molar-refractivity contribution in [1.29, 1.82) is 5.26 Å². The minimum Gasteiger partial charge on any atom is -0.472 e. The average molecular weight is 365 g/mol. The summed E-state index contributed by atoms with van der Waals surface area (Å²) in [6, 6.07) is 11.6. The molecule has 3 aromatic rings. The Kier molecular flexibility index (Phi) is 5.79. The molecule has 138 valence electrons. The number of aromatic nitrogens is 3. The Labute approximate surface area is 157 Å². The Balaban J connectivity index is 1.90. The molecule has 7 heteroatoms. The average Bonchev–Trinajstić information content (AvgIpc) is 3.09. The number of hydrogen-bond donors (Lipinski definition) is 0. The molecule has 0 spiro atoms. The van der Waals surface area contributed by atoms with Gasteiger partial charge in [-0.2, -0.15) is 15.0 Å². The topological polar surface area (TPSA) is 67.0 Å². The molecule has 0 bridgehead atoms. The van der Waals surface area contributed by atoms with Crippen LogP contribution < -0.4 is 4.74 Å². The largest absolute Gasteiger partial charge is 0.472 e. The van der Waals surface area contributed by atoms with Gasteiger partial charge in [0.15, 0.2) is 5.82 Å². The fourth-order valence-electron chi connectivity index (χ4n) is 2.54. The summed E-state index contributed by atoms with van der Waals surface area (Å²) in [6.07, 6.45) is 4.08. The van der Waals surface area contributed by atoms with E-state index < -0.39 is 0 Å². The molecule has 1 aromatic carbocycles. The van der Waals surface area contributed by atoms with E-state index in [-0.39, 0.29) is 12.4 Å². The maximum atomic E-state index is 13.1. The van der Waals surface area contributed by atoms with Crippen molar-refractivity contribution in [1.82, 2.24) is 19.7 Å². The van der Waals surface area contributed by atoms with Crippen LogP contribution in [0.1, 0.15) is 16.7 Å². The fourth-order valence-corrected chi connectivity index (χ4v) is 2.54. The predicted molar refractivity (Wildman–Crippen MR) is 99.1 cm³/mol. The summed E-state index contributed by atoms with van der Waals surface area (Å²) in [7, 11) is 4.00. The Bertz CT molecular complexity index is 944. The van der Waals surface area contributed by atoms with Gasteiger partial charge in [-0.05, 0) is 44.3 Å². The van der Waals surface area contributed by atoms with E-state index in [1.54, 1.807) is 41.3 Å². The standard InChI is InChI=1S/C20H20FN5O/c1-25(2)10-8-17-13-24-26(19-11-16(12-22)7-9-23-19)20(17)27-14-15-3-5-18(21)6-4-15/h3-7,9,11,13H,8,10,14H2,1-2H3. The van der Waals surface area contributed by atoms with Crippen molar-refractivity contribution >= 4 is 0 Å². The number of nitrogens with zero attached hydrogens (tertiary/aromatic N) is 5. The summed E-state index contributed by atoms with van der Waals surface area (Å²) in [6.45, 7) is 1.11. The first-order valence-corrected chi connectivity index (χ1v) is 8.52. The smallest absolute Gasteiger partial charge is 0.221 e. The Morgan fingerprint density at radius 1 is 1.22 bits per heavy atom. The molecule has 2 aromatic heterocycles. The molecule has 27 heavy (non-hydrogen) atoms. The van der Waals surface area contributed by atoms with Crippen molar-refractivity contribution in [3.63, 3.8) is 0 Å². The number of likely N-dealkylation sites (N-methyl/N-ethyl adjacent to an activating group) is 1. The SMILES string of the molecule is CN(C)CCc1cnn(-c2cc(C#N)ccn2)c1OCc1ccc(F)cc1. The fraction of sp³-hybridized carbons (Fsp3) is 0.250. The van der Waals surface area contributed by atoms with E-state index in [0.717, 1.165) is 24.1 Å². The van der Waals surface area contributed by atoms with Crippen LogP contribution >= 0.6 is 0 Å². The number of nitriles is 1. The summed E-state index contributed by atoms with van der Waals surface area (Å²) in [5, 5.41) is 13.5. The molecule has 0 saturated heterocycles. The van der Waals surface area contributed by atoms with Gasteiger partial charge in [0.25, 0.3) is 0 Å². The van der Waals surface area contributed by atoms with Gasteiger partial charge in [-0.3, -0.25) is 0 Å². The summed E-state index contributed by atoms with van der Waals surface area (Å²) in [4.78, 5) is 6.38. The first-order chi connectivity index (χ1) is 13.1.